The van der Waals surface area contributed by atoms with E-state index in [0.29, 0.717) is 18.4 Å². The molecule has 1 aromatic heterocycles. The third-order valence-corrected chi connectivity index (χ3v) is 5.84. The van der Waals surface area contributed by atoms with E-state index in [2.05, 4.69) is 24.1 Å². The normalized spacial score (nSPS) is 15.2. The number of pyridine rings is 1. The summed E-state index contributed by atoms with van der Waals surface area (Å²) in [6.07, 6.45) is 1.96. The number of amides is 1. The van der Waals surface area contributed by atoms with Crippen LogP contribution in [0.2, 0.25) is 0 Å². The number of piperidine rings is 1. The predicted molar refractivity (Wildman–Crippen MR) is 123 cm³/mol. The molecule has 0 spiro atoms. The molecule has 0 radical (unpaired) electrons. The number of nitrogens with zero attached hydrogens (tertiary/aromatic N) is 2. The van der Waals surface area contributed by atoms with Crippen LogP contribution in [0.3, 0.4) is 0 Å². The number of carbonyl (C=O) groups is 1. The average molecular weight is 426 g/mol. The number of ether oxygens (including phenoxy) is 2. The molecule has 0 unspecified atom stereocenters. The van der Waals surface area contributed by atoms with Crippen molar-refractivity contribution in [2.75, 3.05) is 33.9 Å². The van der Waals surface area contributed by atoms with Gasteiger partial charge in [-0.3, -0.25) is 14.7 Å². The largest absolute Gasteiger partial charge is 0.497 e. The van der Waals surface area contributed by atoms with Crippen molar-refractivity contribution in [1.29, 1.82) is 0 Å². The van der Waals surface area contributed by atoms with Gasteiger partial charge in [-0.25, -0.2) is 0 Å². The second-order valence-electron chi connectivity index (χ2n) is 8.72. The summed E-state index contributed by atoms with van der Waals surface area (Å²) in [6.45, 7) is 9.58. The minimum Gasteiger partial charge on any atom is -0.497 e. The van der Waals surface area contributed by atoms with Crippen LogP contribution in [0.25, 0.3) is 0 Å². The number of hydrogen-bond donors (Lipinski definition) is 1. The van der Waals surface area contributed by atoms with Crippen molar-refractivity contribution in [2.45, 2.75) is 46.1 Å². The summed E-state index contributed by atoms with van der Waals surface area (Å²) < 4.78 is 10.9. The Morgan fingerprint density at radius 2 is 1.90 bits per heavy atom. The SMILES string of the molecule is COc1ccc(OC)c(CN2CCC(c3nc(C)ccc3C(=O)NCC(C)C)CC2)c1. The first-order valence-corrected chi connectivity index (χ1v) is 11.1. The van der Waals surface area contributed by atoms with Crippen molar-refractivity contribution in [3.8, 4) is 11.5 Å². The van der Waals surface area contributed by atoms with Crippen molar-refractivity contribution in [3.05, 3.63) is 52.8 Å². The van der Waals surface area contributed by atoms with Gasteiger partial charge in [0.15, 0.2) is 0 Å². The van der Waals surface area contributed by atoms with E-state index in [1.165, 1.54) is 0 Å². The van der Waals surface area contributed by atoms with Crippen LogP contribution in [0.5, 0.6) is 11.5 Å². The first-order chi connectivity index (χ1) is 14.9. The topological polar surface area (TPSA) is 63.7 Å². The zero-order chi connectivity index (χ0) is 22.4. The Kier molecular flexibility index (Phi) is 7.91. The van der Waals surface area contributed by atoms with Gasteiger partial charge in [0.2, 0.25) is 0 Å². The monoisotopic (exact) mass is 425 g/mol. The molecule has 1 fully saturated rings. The van der Waals surface area contributed by atoms with Crippen LogP contribution >= 0.6 is 0 Å². The number of hydrogen-bond acceptors (Lipinski definition) is 5. The number of aryl methyl sites for hydroxylation is 1. The van der Waals surface area contributed by atoms with Crippen molar-refractivity contribution < 1.29 is 14.3 Å². The molecule has 168 valence electrons. The number of rotatable bonds is 8. The Balaban J connectivity index is 1.69. The second kappa shape index (κ2) is 10.6. The van der Waals surface area contributed by atoms with Gasteiger partial charge < -0.3 is 14.8 Å². The van der Waals surface area contributed by atoms with Gasteiger partial charge in [0, 0.05) is 30.3 Å². The number of methoxy groups -OCH3 is 2. The van der Waals surface area contributed by atoms with Crippen LogP contribution in [0.15, 0.2) is 30.3 Å². The first kappa shape index (κ1) is 23.1. The number of carbonyl (C=O) groups excluding carboxylic acids is 1. The molecule has 1 amide bonds. The van der Waals surface area contributed by atoms with E-state index in [1.54, 1.807) is 14.2 Å². The van der Waals surface area contributed by atoms with E-state index < -0.39 is 0 Å². The average Bonchev–Trinajstić information content (AvgIpc) is 2.77. The zero-order valence-corrected chi connectivity index (χ0v) is 19.4. The van der Waals surface area contributed by atoms with E-state index in [4.69, 9.17) is 14.5 Å². The lowest BCUT2D eigenvalue weighted by atomic mass is 9.89. The molecule has 1 saturated heterocycles. The van der Waals surface area contributed by atoms with E-state index in [1.807, 2.05) is 37.3 Å². The summed E-state index contributed by atoms with van der Waals surface area (Å²) in [6, 6.07) is 9.78. The third kappa shape index (κ3) is 5.97. The van der Waals surface area contributed by atoms with Crippen molar-refractivity contribution in [1.82, 2.24) is 15.2 Å². The lowest BCUT2D eigenvalue weighted by molar-refractivity contribution is 0.0946. The zero-order valence-electron chi connectivity index (χ0n) is 19.4. The molecule has 0 bridgehead atoms. The number of aromatic nitrogens is 1. The minimum absolute atomic E-state index is 0.0141. The molecule has 6 heteroatoms. The number of benzene rings is 1. The van der Waals surface area contributed by atoms with Gasteiger partial charge in [0.05, 0.1) is 25.5 Å². The van der Waals surface area contributed by atoms with E-state index in [-0.39, 0.29) is 5.91 Å². The van der Waals surface area contributed by atoms with Gasteiger partial charge in [0.1, 0.15) is 11.5 Å². The predicted octanol–water partition coefficient (Wildman–Crippen LogP) is 4.17. The highest BCUT2D eigenvalue weighted by atomic mass is 16.5. The van der Waals surface area contributed by atoms with Crippen molar-refractivity contribution in [3.63, 3.8) is 0 Å². The van der Waals surface area contributed by atoms with Gasteiger partial charge >= 0.3 is 0 Å². The maximum Gasteiger partial charge on any atom is 0.253 e. The van der Waals surface area contributed by atoms with Crippen LogP contribution in [-0.2, 0) is 6.54 Å². The van der Waals surface area contributed by atoms with Crippen LogP contribution < -0.4 is 14.8 Å². The fourth-order valence-electron chi connectivity index (χ4n) is 4.08. The van der Waals surface area contributed by atoms with Crippen molar-refractivity contribution in [2.24, 2.45) is 5.92 Å². The van der Waals surface area contributed by atoms with Crippen LogP contribution in [0, 0.1) is 12.8 Å². The Bertz CT molecular complexity index is 890. The van der Waals surface area contributed by atoms with E-state index in [9.17, 15) is 4.79 Å². The molecule has 2 heterocycles. The Labute approximate surface area is 186 Å². The van der Waals surface area contributed by atoms with Gasteiger partial charge in [-0.1, -0.05) is 13.8 Å². The smallest absolute Gasteiger partial charge is 0.253 e. The lowest BCUT2D eigenvalue weighted by Gasteiger charge is -2.32. The minimum atomic E-state index is -0.0141. The fraction of sp³-hybridized carbons (Fsp3) is 0.520. The Morgan fingerprint density at radius 3 is 2.55 bits per heavy atom. The molecule has 2 aromatic rings. The summed E-state index contributed by atoms with van der Waals surface area (Å²) >= 11 is 0. The molecule has 1 aliphatic rings. The molecule has 3 rings (SSSR count). The highest BCUT2D eigenvalue weighted by Crippen LogP contribution is 2.32. The van der Waals surface area contributed by atoms with Gasteiger partial charge in [-0.2, -0.15) is 0 Å². The molecular weight excluding hydrogens is 390 g/mol. The Hall–Kier alpha value is -2.60. The summed E-state index contributed by atoms with van der Waals surface area (Å²) in [7, 11) is 3.38. The molecule has 1 aromatic carbocycles. The first-order valence-electron chi connectivity index (χ1n) is 11.1. The molecule has 0 saturated carbocycles. The molecule has 1 N–H and O–H groups in total. The maximum absolute atomic E-state index is 12.8. The number of likely N-dealkylation sites (tertiary alicyclic amines) is 1. The maximum atomic E-state index is 12.8. The van der Waals surface area contributed by atoms with Crippen molar-refractivity contribution >= 4 is 5.91 Å². The summed E-state index contributed by atoms with van der Waals surface area (Å²) in [5, 5.41) is 3.05. The van der Waals surface area contributed by atoms with Crippen LogP contribution in [-0.4, -0.2) is 49.6 Å². The molecule has 1 aliphatic heterocycles. The standard InChI is InChI=1S/C25H35N3O3/c1-17(2)15-26-25(29)22-8-6-18(3)27-24(22)19-10-12-28(13-11-19)16-20-14-21(30-4)7-9-23(20)31-5/h6-9,14,17,19H,10-13,15-16H2,1-5H3,(H,26,29). The quantitative estimate of drug-likeness (QED) is 0.688. The highest BCUT2D eigenvalue weighted by molar-refractivity contribution is 5.95. The Morgan fingerprint density at radius 1 is 1.16 bits per heavy atom. The van der Waals surface area contributed by atoms with Gasteiger partial charge in [-0.05, 0) is 69.1 Å². The summed E-state index contributed by atoms with van der Waals surface area (Å²) in [4.78, 5) is 20.0. The van der Waals surface area contributed by atoms with E-state index >= 15 is 0 Å². The van der Waals surface area contributed by atoms with Gasteiger partial charge in [0.25, 0.3) is 5.91 Å². The van der Waals surface area contributed by atoms with Crippen LogP contribution in [0.1, 0.15) is 59.9 Å². The molecule has 31 heavy (non-hydrogen) atoms. The molecule has 6 nitrogen and oxygen atoms in total. The fourth-order valence-corrected chi connectivity index (χ4v) is 4.08. The van der Waals surface area contributed by atoms with Crippen LogP contribution in [0.4, 0.5) is 0 Å². The number of nitrogens with one attached hydrogen (secondary N) is 1. The van der Waals surface area contributed by atoms with Gasteiger partial charge in [-0.15, -0.1) is 0 Å². The molecule has 0 atom stereocenters. The summed E-state index contributed by atoms with van der Waals surface area (Å²) in [5.41, 5.74) is 3.75. The molecular formula is C25H35N3O3. The lowest BCUT2D eigenvalue weighted by Crippen LogP contribution is -2.34. The summed E-state index contributed by atoms with van der Waals surface area (Å²) in [5.74, 6) is 2.42. The second-order valence-corrected chi connectivity index (χ2v) is 8.72. The highest BCUT2D eigenvalue weighted by Gasteiger charge is 2.26. The third-order valence-electron chi connectivity index (χ3n) is 5.84. The van der Waals surface area contributed by atoms with E-state index in [0.717, 1.165) is 66.5 Å². The molecule has 0 aliphatic carbocycles.